The molecule has 1 heterocycles. The van der Waals surface area contributed by atoms with Crippen molar-refractivity contribution in [1.82, 2.24) is 10.2 Å². The third-order valence-electron chi connectivity index (χ3n) is 1.92. The maximum absolute atomic E-state index is 5.99. The molecule has 0 saturated carbocycles. The number of rotatable bonds is 3. The Morgan fingerprint density at radius 1 is 1.73 bits per heavy atom. The minimum atomic E-state index is 0.167. The molecule has 62 valence electrons. The molecule has 2 atom stereocenters. The molecule has 0 aromatic carbocycles. The third-order valence-corrected chi connectivity index (χ3v) is 2.22. The molecule has 0 bridgehead atoms. The van der Waals surface area contributed by atoms with Gasteiger partial charge in [-0.15, -0.1) is 11.6 Å². The third kappa shape index (κ3) is 1.96. The summed E-state index contributed by atoms with van der Waals surface area (Å²) in [6, 6.07) is 1.98. The predicted molar refractivity (Wildman–Crippen MR) is 46.9 cm³/mol. The van der Waals surface area contributed by atoms with E-state index in [9.17, 15) is 0 Å². The highest BCUT2D eigenvalue weighted by atomic mass is 35.5. The fraction of sp³-hybridized carbons (Fsp3) is 0.625. The van der Waals surface area contributed by atoms with Gasteiger partial charge in [0.1, 0.15) is 0 Å². The van der Waals surface area contributed by atoms with Crippen LogP contribution >= 0.6 is 11.6 Å². The van der Waals surface area contributed by atoms with E-state index in [-0.39, 0.29) is 5.38 Å². The van der Waals surface area contributed by atoms with E-state index >= 15 is 0 Å². The molecule has 0 amide bonds. The first-order chi connectivity index (χ1) is 5.25. The first kappa shape index (κ1) is 8.60. The summed E-state index contributed by atoms with van der Waals surface area (Å²) in [6.07, 6.45) is 2.81. The van der Waals surface area contributed by atoms with E-state index in [4.69, 9.17) is 11.6 Å². The topological polar surface area (TPSA) is 28.7 Å². The number of hydrogen-bond acceptors (Lipinski definition) is 1. The summed E-state index contributed by atoms with van der Waals surface area (Å²) >= 11 is 5.99. The Labute approximate surface area is 72.0 Å². The first-order valence-electron chi connectivity index (χ1n) is 3.89. The highest BCUT2D eigenvalue weighted by molar-refractivity contribution is 6.20. The zero-order chi connectivity index (χ0) is 8.27. The minimum Gasteiger partial charge on any atom is -0.282 e. The summed E-state index contributed by atoms with van der Waals surface area (Å²) in [6.45, 7) is 4.14. The van der Waals surface area contributed by atoms with E-state index in [1.54, 1.807) is 6.20 Å². The summed E-state index contributed by atoms with van der Waals surface area (Å²) in [5, 5.41) is 6.99. The normalized spacial score (nSPS) is 16.3. The smallest absolute Gasteiger partial charge is 0.0490 e. The van der Waals surface area contributed by atoms with Crippen molar-refractivity contribution in [2.45, 2.75) is 31.6 Å². The van der Waals surface area contributed by atoms with Crippen molar-refractivity contribution < 1.29 is 0 Å². The van der Waals surface area contributed by atoms with Crippen molar-refractivity contribution in [2.75, 3.05) is 0 Å². The summed E-state index contributed by atoms with van der Waals surface area (Å²) in [7, 11) is 0. The first-order valence-corrected chi connectivity index (χ1v) is 4.32. The average Bonchev–Trinajstić information content (AvgIpc) is 2.40. The van der Waals surface area contributed by atoms with Crippen LogP contribution in [-0.4, -0.2) is 15.6 Å². The van der Waals surface area contributed by atoms with Gasteiger partial charge in [0.25, 0.3) is 0 Å². The molecule has 0 aliphatic heterocycles. The molecular weight excluding hydrogens is 160 g/mol. The largest absolute Gasteiger partial charge is 0.282 e. The monoisotopic (exact) mass is 172 g/mol. The van der Waals surface area contributed by atoms with Gasteiger partial charge in [-0.1, -0.05) is 6.92 Å². The number of nitrogens with zero attached hydrogens (tertiary/aromatic N) is 1. The predicted octanol–water partition coefficient (Wildman–Crippen LogP) is 2.53. The average molecular weight is 173 g/mol. The molecule has 3 heteroatoms. The molecule has 1 aromatic heterocycles. The van der Waals surface area contributed by atoms with Crippen molar-refractivity contribution in [3.05, 3.63) is 18.0 Å². The number of alkyl halides is 1. The van der Waals surface area contributed by atoms with Crippen LogP contribution in [0.1, 0.15) is 31.9 Å². The van der Waals surface area contributed by atoms with Crippen LogP contribution in [0, 0.1) is 0 Å². The number of aromatic amines is 1. The number of halogens is 1. The van der Waals surface area contributed by atoms with Crippen molar-refractivity contribution >= 4 is 11.6 Å². The van der Waals surface area contributed by atoms with Gasteiger partial charge in [-0.3, -0.25) is 5.10 Å². The molecule has 11 heavy (non-hydrogen) atoms. The summed E-state index contributed by atoms with van der Waals surface area (Å²) < 4.78 is 0. The highest BCUT2D eigenvalue weighted by Crippen LogP contribution is 2.24. The highest BCUT2D eigenvalue weighted by Gasteiger charge is 2.15. The lowest BCUT2D eigenvalue weighted by molar-refractivity contribution is 0.628. The Bertz CT molecular complexity index is 194. The van der Waals surface area contributed by atoms with Crippen LogP contribution in [0.5, 0.6) is 0 Å². The quantitative estimate of drug-likeness (QED) is 0.698. The maximum atomic E-state index is 5.99. The molecule has 2 nitrogen and oxygen atoms in total. The molecule has 0 radical (unpaired) electrons. The Morgan fingerprint density at radius 2 is 2.45 bits per heavy atom. The molecule has 1 aromatic rings. The van der Waals surface area contributed by atoms with Crippen LogP contribution < -0.4 is 0 Å². The number of hydrogen-bond donors (Lipinski definition) is 1. The van der Waals surface area contributed by atoms with Crippen LogP contribution in [0.15, 0.2) is 12.3 Å². The van der Waals surface area contributed by atoms with Crippen molar-refractivity contribution in [2.24, 2.45) is 0 Å². The lowest BCUT2D eigenvalue weighted by Gasteiger charge is -2.14. The molecule has 0 aliphatic carbocycles. The van der Waals surface area contributed by atoms with Gasteiger partial charge in [0.2, 0.25) is 0 Å². The summed E-state index contributed by atoms with van der Waals surface area (Å²) in [5.41, 5.74) is 1.13. The van der Waals surface area contributed by atoms with Crippen LogP contribution in [-0.2, 0) is 0 Å². The molecule has 1 rings (SSSR count). The van der Waals surface area contributed by atoms with E-state index in [2.05, 4.69) is 17.1 Å². The van der Waals surface area contributed by atoms with Gasteiger partial charge in [0, 0.05) is 23.2 Å². The van der Waals surface area contributed by atoms with Crippen molar-refractivity contribution in [3.8, 4) is 0 Å². The fourth-order valence-corrected chi connectivity index (χ4v) is 1.58. The van der Waals surface area contributed by atoms with Crippen molar-refractivity contribution in [1.29, 1.82) is 0 Å². The number of nitrogens with one attached hydrogen (secondary N) is 1. The molecule has 0 aliphatic rings. The van der Waals surface area contributed by atoms with Gasteiger partial charge in [-0.05, 0) is 19.4 Å². The Balaban J connectivity index is 2.71. The zero-order valence-corrected chi connectivity index (χ0v) is 7.60. The SMILES string of the molecule is CCC(c1ccn[nH]1)C(C)Cl. The van der Waals surface area contributed by atoms with E-state index < -0.39 is 0 Å². The summed E-state index contributed by atoms with van der Waals surface area (Å²) in [4.78, 5) is 0. The standard InChI is InChI=1S/C8H13ClN2/c1-3-7(6(2)9)8-4-5-10-11-8/h4-7H,3H2,1-2H3,(H,10,11). The van der Waals surface area contributed by atoms with Gasteiger partial charge in [0.05, 0.1) is 0 Å². The maximum Gasteiger partial charge on any atom is 0.0490 e. The van der Waals surface area contributed by atoms with E-state index in [1.807, 2.05) is 13.0 Å². The minimum absolute atomic E-state index is 0.167. The van der Waals surface area contributed by atoms with Gasteiger partial charge >= 0.3 is 0 Å². The van der Waals surface area contributed by atoms with Gasteiger partial charge in [-0.25, -0.2) is 0 Å². The van der Waals surface area contributed by atoms with E-state index in [0.717, 1.165) is 12.1 Å². The van der Waals surface area contributed by atoms with Crippen LogP contribution in [0.4, 0.5) is 0 Å². The molecular formula is C8H13ClN2. The van der Waals surface area contributed by atoms with Gasteiger partial charge in [0.15, 0.2) is 0 Å². The molecule has 0 spiro atoms. The van der Waals surface area contributed by atoms with Gasteiger partial charge in [-0.2, -0.15) is 5.10 Å². The zero-order valence-electron chi connectivity index (χ0n) is 6.84. The Hall–Kier alpha value is -0.500. The van der Waals surface area contributed by atoms with Gasteiger partial charge < -0.3 is 0 Å². The molecule has 2 unspecified atom stereocenters. The Kier molecular flexibility index (Phi) is 2.94. The number of aromatic nitrogens is 2. The van der Waals surface area contributed by atoms with Crippen LogP contribution in [0.25, 0.3) is 0 Å². The molecule has 0 saturated heterocycles. The second-order valence-electron chi connectivity index (χ2n) is 2.70. The van der Waals surface area contributed by atoms with Crippen molar-refractivity contribution in [3.63, 3.8) is 0 Å². The molecule has 1 N–H and O–H groups in total. The second-order valence-corrected chi connectivity index (χ2v) is 3.39. The van der Waals surface area contributed by atoms with Crippen LogP contribution in [0.2, 0.25) is 0 Å². The lowest BCUT2D eigenvalue weighted by Crippen LogP contribution is -2.08. The van der Waals surface area contributed by atoms with E-state index in [0.29, 0.717) is 5.92 Å². The molecule has 0 fully saturated rings. The lowest BCUT2D eigenvalue weighted by atomic mass is 9.99. The van der Waals surface area contributed by atoms with E-state index in [1.165, 1.54) is 0 Å². The number of H-pyrrole nitrogens is 1. The Morgan fingerprint density at radius 3 is 2.82 bits per heavy atom. The second kappa shape index (κ2) is 3.77. The summed E-state index contributed by atoms with van der Waals surface area (Å²) in [5.74, 6) is 0.402. The van der Waals surface area contributed by atoms with Crippen LogP contribution in [0.3, 0.4) is 0 Å². The fourth-order valence-electron chi connectivity index (χ4n) is 1.27.